The number of halogens is 6. The van der Waals surface area contributed by atoms with Crippen LogP contribution in [0.3, 0.4) is 0 Å². The summed E-state index contributed by atoms with van der Waals surface area (Å²) in [6.07, 6.45) is -4.29. The van der Waals surface area contributed by atoms with Crippen molar-refractivity contribution in [2.24, 2.45) is 0 Å². The maximum atomic E-state index is 13.5. The van der Waals surface area contributed by atoms with E-state index in [0.29, 0.717) is 37.1 Å². The SMILES string of the molecule is CCC1CN(c2nnc(-c3ccc(F)cc3)c3ccccc23)CCN1C(=O)Nc1ccc(F)cc1C(F)(F)F.Cl. The fraction of sp³-hybridized carbons (Fsp3) is 0.250. The van der Waals surface area contributed by atoms with Gasteiger partial charge in [-0.15, -0.1) is 22.6 Å². The Hall–Kier alpha value is -3.99. The fourth-order valence-electron chi connectivity index (χ4n) is 4.86. The van der Waals surface area contributed by atoms with Gasteiger partial charge < -0.3 is 15.1 Å². The van der Waals surface area contributed by atoms with Crippen molar-refractivity contribution in [3.8, 4) is 11.3 Å². The molecule has 3 aromatic carbocycles. The van der Waals surface area contributed by atoms with Crippen molar-refractivity contribution >= 4 is 40.7 Å². The van der Waals surface area contributed by atoms with Gasteiger partial charge in [-0.05, 0) is 48.9 Å². The summed E-state index contributed by atoms with van der Waals surface area (Å²) >= 11 is 0. The highest BCUT2D eigenvalue weighted by Gasteiger charge is 2.36. The van der Waals surface area contributed by atoms with Gasteiger partial charge in [0, 0.05) is 36.0 Å². The molecule has 1 atom stereocenters. The third-order valence-corrected chi connectivity index (χ3v) is 6.83. The lowest BCUT2D eigenvalue weighted by Gasteiger charge is -2.41. The molecular weight excluding hydrogens is 553 g/mol. The highest BCUT2D eigenvalue weighted by Crippen LogP contribution is 2.36. The topological polar surface area (TPSA) is 61.4 Å². The van der Waals surface area contributed by atoms with Crippen LogP contribution in [0, 0.1) is 11.6 Å². The number of anilines is 2. The largest absolute Gasteiger partial charge is 0.418 e. The molecule has 1 N–H and O–H groups in total. The van der Waals surface area contributed by atoms with Crippen molar-refractivity contribution in [3.63, 3.8) is 0 Å². The van der Waals surface area contributed by atoms with Gasteiger partial charge in [-0.1, -0.05) is 31.2 Å². The summed E-state index contributed by atoms with van der Waals surface area (Å²) in [7, 11) is 0. The molecule has 1 saturated heterocycles. The van der Waals surface area contributed by atoms with E-state index in [1.54, 1.807) is 12.1 Å². The number of nitrogens with one attached hydrogen (secondary N) is 1. The number of carbonyl (C=O) groups is 1. The van der Waals surface area contributed by atoms with Crippen molar-refractivity contribution in [1.29, 1.82) is 0 Å². The molecule has 210 valence electrons. The minimum atomic E-state index is -4.83. The van der Waals surface area contributed by atoms with E-state index < -0.39 is 29.3 Å². The van der Waals surface area contributed by atoms with Gasteiger partial charge in [-0.25, -0.2) is 13.6 Å². The molecule has 1 aromatic heterocycles. The maximum absolute atomic E-state index is 13.5. The second-order valence-electron chi connectivity index (χ2n) is 9.24. The molecule has 1 unspecified atom stereocenters. The minimum Gasteiger partial charge on any atom is -0.351 e. The Labute approximate surface area is 233 Å². The summed E-state index contributed by atoms with van der Waals surface area (Å²) in [4.78, 5) is 16.6. The van der Waals surface area contributed by atoms with Crippen LogP contribution in [0.4, 0.5) is 38.3 Å². The number of urea groups is 1. The van der Waals surface area contributed by atoms with Gasteiger partial charge in [-0.2, -0.15) is 13.2 Å². The molecule has 5 rings (SSSR count). The Kier molecular flexibility index (Phi) is 8.43. The first-order chi connectivity index (χ1) is 18.7. The lowest BCUT2D eigenvalue weighted by molar-refractivity contribution is -0.137. The number of alkyl halides is 3. The predicted molar refractivity (Wildman–Crippen MR) is 146 cm³/mol. The van der Waals surface area contributed by atoms with E-state index in [9.17, 15) is 26.7 Å². The van der Waals surface area contributed by atoms with E-state index in [-0.39, 0.29) is 30.8 Å². The van der Waals surface area contributed by atoms with E-state index in [1.165, 1.54) is 17.0 Å². The quantitative estimate of drug-likeness (QED) is 0.262. The first-order valence-electron chi connectivity index (χ1n) is 12.4. The molecule has 40 heavy (non-hydrogen) atoms. The van der Waals surface area contributed by atoms with E-state index in [1.807, 2.05) is 36.1 Å². The third kappa shape index (κ3) is 5.79. The first kappa shape index (κ1) is 29.0. The molecule has 0 radical (unpaired) electrons. The van der Waals surface area contributed by atoms with Crippen molar-refractivity contribution in [3.05, 3.63) is 83.9 Å². The molecule has 6 nitrogen and oxygen atoms in total. The van der Waals surface area contributed by atoms with Gasteiger partial charge in [0.05, 0.1) is 17.3 Å². The Bertz CT molecular complexity index is 1520. The van der Waals surface area contributed by atoms with Gasteiger partial charge in [0.2, 0.25) is 0 Å². The van der Waals surface area contributed by atoms with Crippen molar-refractivity contribution in [1.82, 2.24) is 15.1 Å². The Morgan fingerprint density at radius 2 is 1.62 bits per heavy atom. The zero-order valence-corrected chi connectivity index (χ0v) is 22.1. The number of nitrogens with zero attached hydrogens (tertiary/aromatic N) is 4. The smallest absolute Gasteiger partial charge is 0.351 e. The highest BCUT2D eigenvalue weighted by atomic mass is 35.5. The lowest BCUT2D eigenvalue weighted by Crippen LogP contribution is -2.56. The van der Waals surface area contributed by atoms with Crippen LogP contribution < -0.4 is 10.2 Å². The predicted octanol–water partition coefficient (Wildman–Crippen LogP) is 7.15. The van der Waals surface area contributed by atoms with E-state index in [4.69, 9.17) is 0 Å². The highest BCUT2D eigenvalue weighted by molar-refractivity contribution is 6.00. The molecule has 1 aliphatic rings. The number of amides is 2. The number of benzene rings is 3. The molecule has 1 aliphatic heterocycles. The van der Waals surface area contributed by atoms with E-state index in [0.717, 1.165) is 28.5 Å². The fourth-order valence-corrected chi connectivity index (χ4v) is 4.86. The first-order valence-corrected chi connectivity index (χ1v) is 12.4. The van der Waals surface area contributed by atoms with Crippen LogP contribution in [-0.4, -0.2) is 46.8 Å². The van der Waals surface area contributed by atoms with Crippen molar-refractivity contribution < 1.29 is 26.7 Å². The lowest BCUT2D eigenvalue weighted by atomic mass is 10.0. The van der Waals surface area contributed by atoms with Crippen LogP contribution in [0.25, 0.3) is 22.0 Å². The molecule has 12 heteroatoms. The number of aromatic nitrogens is 2. The number of carbonyl (C=O) groups excluding carboxylic acids is 1. The normalized spacial score (nSPS) is 15.6. The second-order valence-corrected chi connectivity index (χ2v) is 9.24. The van der Waals surface area contributed by atoms with Crippen LogP contribution in [0.1, 0.15) is 18.9 Å². The van der Waals surface area contributed by atoms with Crippen LogP contribution in [-0.2, 0) is 6.18 Å². The minimum absolute atomic E-state index is 0. The molecule has 1 fully saturated rings. The van der Waals surface area contributed by atoms with Gasteiger partial charge in [0.25, 0.3) is 0 Å². The van der Waals surface area contributed by atoms with Crippen LogP contribution >= 0.6 is 12.4 Å². The molecule has 2 heterocycles. The van der Waals surface area contributed by atoms with Gasteiger partial charge in [0.1, 0.15) is 17.3 Å². The van der Waals surface area contributed by atoms with E-state index in [2.05, 4.69) is 15.5 Å². The summed E-state index contributed by atoms with van der Waals surface area (Å²) in [5, 5.41) is 12.9. The van der Waals surface area contributed by atoms with Crippen molar-refractivity contribution in [2.75, 3.05) is 29.9 Å². The zero-order valence-electron chi connectivity index (χ0n) is 21.3. The van der Waals surface area contributed by atoms with Crippen LogP contribution in [0.5, 0.6) is 0 Å². The Morgan fingerprint density at radius 1 is 0.950 bits per heavy atom. The molecule has 0 bridgehead atoms. The van der Waals surface area contributed by atoms with Crippen LogP contribution in [0.15, 0.2) is 66.7 Å². The molecule has 0 spiro atoms. The monoisotopic (exact) mass is 577 g/mol. The van der Waals surface area contributed by atoms with Crippen molar-refractivity contribution in [2.45, 2.75) is 25.6 Å². The summed E-state index contributed by atoms with van der Waals surface area (Å²) in [6, 6.07) is 14.7. The number of rotatable bonds is 4. The Balaban J connectivity index is 0.00000370. The van der Waals surface area contributed by atoms with Crippen LogP contribution in [0.2, 0.25) is 0 Å². The maximum Gasteiger partial charge on any atom is 0.418 e. The molecule has 0 aliphatic carbocycles. The number of piperazine rings is 1. The second kappa shape index (κ2) is 11.6. The standard InChI is InChI=1S/C28H24F5N5O.ClH/c1-2-20-16-37(13-14-38(20)27(39)34-24-12-11-19(30)15-23(24)28(31,32)33)26-22-6-4-3-5-21(22)25(35-36-26)17-7-9-18(29)10-8-17;/h3-12,15,20H,2,13-14,16H2,1H3,(H,34,39);1H. The van der Waals surface area contributed by atoms with E-state index >= 15 is 0 Å². The summed E-state index contributed by atoms with van der Waals surface area (Å²) in [5.41, 5.74) is -0.414. The molecule has 0 saturated carbocycles. The average molecular weight is 578 g/mol. The van der Waals surface area contributed by atoms with Gasteiger partial charge in [0.15, 0.2) is 5.82 Å². The Morgan fingerprint density at radius 3 is 2.30 bits per heavy atom. The molecule has 4 aromatic rings. The number of fused-ring (bicyclic) bond motifs is 1. The summed E-state index contributed by atoms with van der Waals surface area (Å²) in [6.45, 7) is 2.86. The summed E-state index contributed by atoms with van der Waals surface area (Å²) < 4.78 is 67.2. The van der Waals surface area contributed by atoms with Gasteiger partial charge >= 0.3 is 12.2 Å². The third-order valence-electron chi connectivity index (χ3n) is 6.83. The molecular formula is C28H25ClF5N5O. The number of hydrogen-bond acceptors (Lipinski definition) is 4. The van der Waals surface area contributed by atoms with Gasteiger partial charge in [-0.3, -0.25) is 0 Å². The number of hydrogen-bond donors (Lipinski definition) is 1. The zero-order chi connectivity index (χ0) is 27.7. The summed E-state index contributed by atoms with van der Waals surface area (Å²) in [5.74, 6) is -0.777. The molecule has 2 amide bonds. The average Bonchev–Trinajstić information content (AvgIpc) is 2.93.